The van der Waals surface area contributed by atoms with E-state index in [9.17, 15) is 4.79 Å². The average Bonchev–Trinajstić information content (AvgIpc) is 2.15. The first-order valence-electron chi connectivity index (χ1n) is 4.22. The molecule has 4 heteroatoms. The number of thioether (sulfide) groups is 2. The minimum Gasteiger partial charge on any atom is -0.461 e. The third kappa shape index (κ3) is 4.09. The van der Waals surface area contributed by atoms with Crippen LogP contribution in [0.3, 0.4) is 0 Å². The van der Waals surface area contributed by atoms with E-state index >= 15 is 0 Å². The van der Waals surface area contributed by atoms with E-state index in [-0.39, 0.29) is 5.97 Å². The van der Waals surface area contributed by atoms with Crippen molar-refractivity contribution in [2.75, 3.05) is 23.9 Å². The number of ether oxygens (including phenoxy) is 1. The molecule has 0 amide bonds. The molecule has 0 spiro atoms. The largest absolute Gasteiger partial charge is 0.461 e. The fourth-order valence-electron chi connectivity index (χ4n) is 0.925. The number of hydrogen-bond donors (Lipinski definition) is 0. The van der Waals surface area contributed by atoms with Crippen LogP contribution in [0.1, 0.15) is 6.92 Å². The fraction of sp³-hybridized carbons (Fsp3) is 0.667. The zero-order chi connectivity index (χ0) is 9.68. The molecule has 0 aromatic carbocycles. The molecule has 0 aliphatic carbocycles. The third-order valence-electron chi connectivity index (χ3n) is 1.63. The molecule has 0 saturated carbocycles. The summed E-state index contributed by atoms with van der Waals surface area (Å²) >= 11 is 3.82. The summed E-state index contributed by atoms with van der Waals surface area (Å²) in [7, 11) is 0. The van der Waals surface area contributed by atoms with Gasteiger partial charge in [-0.2, -0.15) is 23.5 Å². The first kappa shape index (κ1) is 11.0. The molecule has 1 unspecified atom stereocenters. The molecule has 13 heavy (non-hydrogen) atoms. The van der Waals surface area contributed by atoms with Crippen LogP contribution >= 0.6 is 23.5 Å². The molecule has 0 radical (unpaired) electrons. The van der Waals surface area contributed by atoms with E-state index in [0.29, 0.717) is 17.4 Å². The molecule has 1 saturated heterocycles. The quantitative estimate of drug-likeness (QED) is 0.534. The predicted molar refractivity (Wildman–Crippen MR) is 59.3 cm³/mol. The van der Waals surface area contributed by atoms with E-state index < -0.39 is 0 Å². The van der Waals surface area contributed by atoms with Crippen molar-refractivity contribution >= 4 is 29.5 Å². The zero-order valence-corrected chi connectivity index (χ0v) is 9.38. The molecule has 0 aromatic rings. The number of esters is 1. The molecule has 0 N–H and O–H groups in total. The molecule has 0 aromatic heterocycles. The minimum absolute atomic E-state index is 0.267. The van der Waals surface area contributed by atoms with Crippen molar-refractivity contribution < 1.29 is 9.53 Å². The second-order valence-electron chi connectivity index (χ2n) is 2.95. The highest BCUT2D eigenvalue weighted by atomic mass is 32.2. The van der Waals surface area contributed by atoms with Crippen LogP contribution in [0.4, 0.5) is 0 Å². The lowest BCUT2D eigenvalue weighted by Gasteiger charge is -2.20. The van der Waals surface area contributed by atoms with Gasteiger partial charge in [0.15, 0.2) is 0 Å². The molecular weight excluding hydrogens is 204 g/mol. The van der Waals surface area contributed by atoms with E-state index in [4.69, 9.17) is 4.74 Å². The summed E-state index contributed by atoms with van der Waals surface area (Å²) in [5.41, 5.74) is 0.480. The van der Waals surface area contributed by atoms with Crippen LogP contribution in [0, 0.1) is 0 Å². The van der Waals surface area contributed by atoms with Crippen LogP contribution in [0.15, 0.2) is 12.2 Å². The summed E-state index contributed by atoms with van der Waals surface area (Å²) in [5.74, 6) is 3.21. The van der Waals surface area contributed by atoms with Crippen molar-refractivity contribution in [1.82, 2.24) is 0 Å². The van der Waals surface area contributed by atoms with Gasteiger partial charge in [-0.25, -0.2) is 4.79 Å². The smallest absolute Gasteiger partial charge is 0.333 e. The van der Waals surface area contributed by atoms with Gasteiger partial charge in [-0.15, -0.1) is 0 Å². The Hall–Kier alpha value is -0.0900. The molecular formula is C9H14O2S2. The molecule has 1 atom stereocenters. The van der Waals surface area contributed by atoms with Crippen LogP contribution in [-0.2, 0) is 9.53 Å². The van der Waals surface area contributed by atoms with Gasteiger partial charge in [-0.05, 0) is 6.92 Å². The van der Waals surface area contributed by atoms with Crippen LogP contribution in [0.2, 0.25) is 0 Å². The Morgan fingerprint density at radius 1 is 1.62 bits per heavy atom. The predicted octanol–water partition coefficient (Wildman–Crippen LogP) is 1.95. The van der Waals surface area contributed by atoms with Crippen molar-refractivity contribution in [3.63, 3.8) is 0 Å². The lowest BCUT2D eigenvalue weighted by Crippen LogP contribution is -2.22. The Balaban J connectivity index is 2.17. The van der Waals surface area contributed by atoms with Crippen LogP contribution in [0.25, 0.3) is 0 Å². The second kappa shape index (κ2) is 5.60. The molecule has 1 heterocycles. The normalized spacial score (nSPS) is 22.4. The van der Waals surface area contributed by atoms with E-state index in [1.165, 1.54) is 11.5 Å². The maximum atomic E-state index is 11.0. The first-order valence-corrected chi connectivity index (χ1v) is 6.42. The Kier molecular flexibility index (Phi) is 4.73. The summed E-state index contributed by atoms with van der Waals surface area (Å²) in [5, 5.41) is 0.474. The lowest BCUT2D eigenvalue weighted by molar-refractivity contribution is -0.138. The third-order valence-corrected chi connectivity index (χ3v) is 4.45. The number of carbonyl (C=O) groups is 1. The van der Waals surface area contributed by atoms with E-state index in [1.54, 1.807) is 6.92 Å². The van der Waals surface area contributed by atoms with Crippen molar-refractivity contribution in [1.29, 1.82) is 0 Å². The minimum atomic E-state index is -0.267. The van der Waals surface area contributed by atoms with Gasteiger partial charge < -0.3 is 4.74 Å². The summed E-state index contributed by atoms with van der Waals surface area (Å²) in [4.78, 5) is 11.0. The number of hydrogen-bond acceptors (Lipinski definition) is 4. The summed E-state index contributed by atoms with van der Waals surface area (Å²) in [6.45, 7) is 5.74. The monoisotopic (exact) mass is 218 g/mol. The molecule has 74 valence electrons. The molecule has 0 bridgehead atoms. The topological polar surface area (TPSA) is 26.3 Å². The summed E-state index contributed by atoms with van der Waals surface area (Å²) in [6.07, 6.45) is 0. The summed E-state index contributed by atoms with van der Waals surface area (Å²) < 4.78 is 5.07. The number of rotatable bonds is 3. The van der Waals surface area contributed by atoms with Crippen LogP contribution < -0.4 is 0 Å². The SMILES string of the molecule is C=C(C)C(=O)OCC1CSCCS1. The second-order valence-corrected chi connectivity index (χ2v) is 5.50. The van der Waals surface area contributed by atoms with Crippen LogP contribution in [-0.4, -0.2) is 35.1 Å². The highest BCUT2D eigenvalue weighted by molar-refractivity contribution is 8.06. The fourth-order valence-corrected chi connectivity index (χ4v) is 3.48. The molecule has 1 aliphatic rings. The van der Waals surface area contributed by atoms with E-state index in [2.05, 4.69) is 6.58 Å². The highest BCUT2D eigenvalue weighted by Crippen LogP contribution is 2.24. The number of carbonyl (C=O) groups excluding carboxylic acids is 1. The van der Waals surface area contributed by atoms with Gasteiger partial charge >= 0.3 is 5.97 Å². The Bertz CT molecular complexity index is 198. The molecule has 2 nitrogen and oxygen atoms in total. The Morgan fingerprint density at radius 3 is 2.92 bits per heavy atom. The van der Waals surface area contributed by atoms with Crippen LogP contribution in [0.5, 0.6) is 0 Å². The molecule has 1 aliphatic heterocycles. The van der Waals surface area contributed by atoms with E-state index in [0.717, 1.165) is 5.75 Å². The molecule has 1 rings (SSSR count). The van der Waals surface area contributed by atoms with Gasteiger partial charge in [0.1, 0.15) is 6.61 Å². The average molecular weight is 218 g/mol. The van der Waals surface area contributed by atoms with Gasteiger partial charge in [0.25, 0.3) is 0 Å². The first-order chi connectivity index (χ1) is 6.20. The maximum Gasteiger partial charge on any atom is 0.333 e. The molecule has 1 fully saturated rings. The summed E-state index contributed by atoms with van der Waals surface area (Å²) in [6, 6.07) is 0. The van der Waals surface area contributed by atoms with Gasteiger partial charge in [0.05, 0.1) is 0 Å². The van der Waals surface area contributed by atoms with Gasteiger partial charge in [0.2, 0.25) is 0 Å². The lowest BCUT2D eigenvalue weighted by atomic mass is 10.4. The van der Waals surface area contributed by atoms with Crippen molar-refractivity contribution in [2.24, 2.45) is 0 Å². The van der Waals surface area contributed by atoms with Crippen molar-refractivity contribution in [3.8, 4) is 0 Å². The Morgan fingerprint density at radius 2 is 2.38 bits per heavy atom. The maximum absolute atomic E-state index is 11.0. The van der Waals surface area contributed by atoms with Gasteiger partial charge in [0, 0.05) is 28.1 Å². The van der Waals surface area contributed by atoms with E-state index in [1.807, 2.05) is 23.5 Å². The Labute approximate surface area is 87.5 Å². The van der Waals surface area contributed by atoms with Crippen molar-refractivity contribution in [3.05, 3.63) is 12.2 Å². The van der Waals surface area contributed by atoms with Gasteiger partial charge in [-0.3, -0.25) is 0 Å². The van der Waals surface area contributed by atoms with Gasteiger partial charge in [-0.1, -0.05) is 6.58 Å². The highest BCUT2D eigenvalue weighted by Gasteiger charge is 2.16. The standard InChI is InChI=1S/C9H14O2S2/c1-7(2)9(10)11-5-8-6-12-3-4-13-8/h8H,1,3-6H2,2H3. The zero-order valence-electron chi connectivity index (χ0n) is 7.75. The van der Waals surface area contributed by atoms with Crippen molar-refractivity contribution in [2.45, 2.75) is 12.2 Å².